The van der Waals surface area contributed by atoms with Crippen LogP contribution in [-0.2, 0) is 6.61 Å². The normalized spacial score (nSPS) is 12.5. The maximum Gasteiger partial charge on any atom is 0.134 e. The number of aryl methyl sites for hydroxylation is 1. The highest BCUT2D eigenvalue weighted by Gasteiger charge is 2.14. The number of aliphatic hydroxyl groups excluding tert-OH is 1. The van der Waals surface area contributed by atoms with Crippen LogP contribution in [0.4, 0.5) is 0 Å². The first-order valence-corrected chi connectivity index (χ1v) is 6.90. The van der Waals surface area contributed by atoms with Crippen molar-refractivity contribution in [1.29, 1.82) is 0 Å². The standard InChI is InChI=1S/C17H17NO3/c1-11-9-14(18-21-11)10-20-17-15(12(2)19)8-7-13-5-3-4-6-16(13)17/h3-9,12,19H,10H2,1-2H3/t12-/m1/s1. The number of rotatable bonds is 4. The highest BCUT2D eigenvalue weighted by atomic mass is 16.5. The Kier molecular flexibility index (Phi) is 3.62. The van der Waals surface area contributed by atoms with Crippen molar-refractivity contribution >= 4 is 10.8 Å². The van der Waals surface area contributed by atoms with E-state index in [0.717, 1.165) is 27.8 Å². The molecular weight excluding hydrogens is 266 g/mol. The zero-order valence-corrected chi connectivity index (χ0v) is 12.0. The first-order chi connectivity index (χ1) is 10.1. The van der Waals surface area contributed by atoms with Crippen molar-refractivity contribution in [3.05, 3.63) is 59.5 Å². The Morgan fingerprint density at radius 1 is 1.24 bits per heavy atom. The molecule has 0 saturated heterocycles. The number of nitrogens with zero attached hydrogens (tertiary/aromatic N) is 1. The number of aliphatic hydroxyl groups is 1. The maximum absolute atomic E-state index is 9.95. The molecule has 4 nitrogen and oxygen atoms in total. The van der Waals surface area contributed by atoms with E-state index in [1.165, 1.54) is 0 Å². The molecule has 21 heavy (non-hydrogen) atoms. The van der Waals surface area contributed by atoms with Gasteiger partial charge in [0.1, 0.15) is 23.8 Å². The highest BCUT2D eigenvalue weighted by molar-refractivity contribution is 5.89. The molecule has 108 valence electrons. The fraction of sp³-hybridized carbons (Fsp3) is 0.235. The summed E-state index contributed by atoms with van der Waals surface area (Å²) in [6, 6.07) is 13.7. The fourth-order valence-electron chi connectivity index (χ4n) is 2.38. The first-order valence-electron chi connectivity index (χ1n) is 6.90. The van der Waals surface area contributed by atoms with E-state index in [1.807, 2.05) is 49.4 Å². The fourth-order valence-corrected chi connectivity index (χ4v) is 2.38. The third-order valence-electron chi connectivity index (χ3n) is 3.40. The minimum Gasteiger partial charge on any atom is -0.486 e. The molecule has 1 N–H and O–H groups in total. The second kappa shape index (κ2) is 5.58. The Labute approximate surface area is 123 Å². The van der Waals surface area contributed by atoms with Crippen molar-refractivity contribution < 1.29 is 14.4 Å². The lowest BCUT2D eigenvalue weighted by atomic mass is 10.0. The third-order valence-corrected chi connectivity index (χ3v) is 3.40. The summed E-state index contributed by atoms with van der Waals surface area (Å²) < 4.78 is 11.0. The van der Waals surface area contributed by atoms with E-state index in [2.05, 4.69) is 5.16 Å². The molecule has 0 aliphatic heterocycles. The van der Waals surface area contributed by atoms with Crippen LogP contribution < -0.4 is 4.74 Å². The van der Waals surface area contributed by atoms with Crippen molar-refractivity contribution in [3.8, 4) is 5.75 Å². The average Bonchev–Trinajstić information content (AvgIpc) is 2.90. The monoisotopic (exact) mass is 283 g/mol. The van der Waals surface area contributed by atoms with Gasteiger partial charge in [0.05, 0.1) is 6.10 Å². The molecule has 0 unspecified atom stereocenters. The third kappa shape index (κ3) is 2.76. The van der Waals surface area contributed by atoms with Crippen molar-refractivity contribution in [3.63, 3.8) is 0 Å². The van der Waals surface area contributed by atoms with Gasteiger partial charge in [-0.15, -0.1) is 0 Å². The summed E-state index contributed by atoms with van der Waals surface area (Å²) in [4.78, 5) is 0. The van der Waals surface area contributed by atoms with Gasteiger partial charge in [-0.2, -0.15) is 0 Å². The molecule has 0 aliphatic carbocycles. The minimum atomic E-state index is -0.594. The van der Waals surface area contributed by atoms with Crippen LogP contribution >= 0.6 is 0 Å². The molecule has 0 bridgehead atoms. The molecule has 2 aromatic carbocycles. The summed E-state index contributed by atoms with van der Waals surface area (Å²) in [5.41, 5.74) is 1.51. The lowest BCUT2D eigenvalue weighted by molar-refractivity contribution is 0.190. The SMILES string of the molecule is Cc1cc(COc2c([C@@H](C)O)ccc3ccccc23)no1. The van der Waals surface area contributed by atoms with E-state index in [9.17, 15) is 5.11 Å². The van der Waals surface area contributed by atoms with Gasteiger partial charge >= 0.3 is 0 Å². The van der Waals surface area contributed by atoms with Gasteiger partial charge in [0, 0.05) is 17.0 Å². The van der Waals surface area contributed by atoms with Crippen LogP contribution in [0.3, 0.4) is 0 Å². The Morgan fingerprint density at radius 2 is 2.05 bits per heavy atom. The first kappa shape index (κ1) is 13.6. The van der Waals surface area contributed by atoms with Gasteiger partial charge in [0.2, 0.25) is 0 Å². The van der Waals surface area contributed by atoms with Gasteiger partial charge in [0.25, 0.3) is 0 Å². The van der Waals surface area contributed by atoms with E-state index in [-0.39, 0.29) is 0 Å². The number of hydrogen-bond acceptors (Lipinski definition) is 4. The van der Waals surface area contributed by atoms with Crippen LogP contribution in [0.2, 0.25) is 0 Å². The van der Waals surface area contributed by atoms with Crippen LogP contribution in [0.1, 0.15) is 30.0 Å². The minimum absolute atomic E-state index is 0.311. The summed E-state index contributed by atoms with van der Waals surface area (Å²) in [5, 5.41) is 15.9. The van der Waals surface area contributed by atoms with Crippen molar-refractivity contribution in [2.24, 2.45) is 0 Å². The van der Waals surface area contributed by atoms with Crippen LogP contribution in [0.15, 0.2) is 47.0 Å². The second-order valence-electron chi connectivity index (χ2n) is 5.10. The number of ether oxygens (including phenoxy) is 1. The maximum atomic E-state index is 9.95. The van der Waals surface area contributed by atoms with E-state index >= 15 is 0 Å². The predicted octanol–water partition coefficient (Wildman–Crippen LogP) is 3.77. The zero-order valence-electron chi connectivity index (χ0n) is 12.0. The largest absolute Gasteiger partial charge is 0.486 e. The Balaban J connectivity index is 1.99. The lowest BCUT2D eigenvalue weighted by Gasteiger charge is -2.15. The zero-order chi connectivity index (χ0) is 14.8. The summed E-state index contributed by atoms with van der Waals surface area (Å²) in [7, 11) is 0. The molecule has 0 spiro atoms. The molecule has 0 saturated carbocycles. The summed E-state index contributed by atoms with van der Waals surface area (Å²) in [6.45, 7) is 3.89. The molecule has 3 aromatic rings. The number of benzene rings is 2. The molecule has 0 fully saturated rings. The van der Waals surface area contributed by atoms with Crippen molar-refractivity contribution in [2.75, 3.05) is 0 Å². The van der Waals surface area contributed by atoms with Crippen LogP contribution in [0.25, 0.3) is 10.8 Å². The highest BCUT2D eigenvalue weighted by Crippen LogP contribution is 2.34. The molecular formula is C17H17NO3. The molecule has 0 amide bonds. The summed E-state index contributed by atoms with van der Waals surface area (Å²) in [5.74, 6) is 1.45. The molecule has 3 rings (SSSR count). The number of fused-ring (bicyclic) bond motifs is 1. The van der Waals surface area contributed by atoms with E-state index in [4.69, 9.17) is 9.26 Å². The molecule has 0 aliphatic rings. The van der Waals surface area contributed by atoms with Gasteiger partial charge in [-0.25, -0.2) is 0 Å². The van der Waals surface area contributed by atoms with Crippen LogP contribution in [0, 0.1) is 6.92 Å². The molecule has 1 aromatic heterocycles. The smallest absolute Gasteiger partial charge is 0.134 e. The van der Waals surface area contributed by atoms with Crippen molar-refractivity contribution in [2.45, 2.75) is 26.6 Å². The molecule has 1 atom stereocenters. The summed E-state index contributed by atoms with van der Waals surface area (Å²) in [6.07, 6.45) is -0.594. The van der Waals surface area contributed by atoms with E-state index < -0.39 is 6.10 Å². The number of hydrogen-bond donors (Lipinski definition) is 1. The van der Waals surface area contributed by atoms with Gasteiger partial charge in [-0.3, -0.25) is 0 Å². The lowest BCUT2D eigenvalue weighted by Crippen LogP contribution is -2.02. The second-order valence-corrected chi connectivity index (χ2v) is 5.10. The van der Waals surface area contributed by atoms with Gasteiger partial charge in [-0.1, -0.05) is 41.6 Å². The van der Waals surface area contributed by atoms with Crippen molar-refractivity contribution in [1.82, 2.24) is 5.16 Å². The Hall–Kier alpha value is -2.33. The molecule has 1 heterocycles. The van der Waals surface area contributed by atoms with Gasteiger partial charge in [-0.05, 0) is 19.2 Å². The Bertz CT molecular complexity index is 762. The molecule has 0 radical (unpaired) electrons. The van der Waals surface area contributed by atoms with Gasteiger partial charge in [0.15, 0.2) is 0 Å². The van der Waals surface area contributed by atoms with Crippen LogP contribution in [-0.4, -0.2) is 10.3 Å². The van der Waals surface area contributed by atoms with Gasteiger partial charge < -0.3 is 14.4 Å². The quantitative estimate of drug-likeness (QED) is 0.792. The predicted molar refractivity (Wildman–Crippen MR) is 80.2 cm³/mol. The Morgan fingerprint density at radius 3 is 2.76 bits per heavy atom. The van der Waals surface area contributed by atoms with E-state index in [0.29, 0.717) is 12.4 Å². The molecule has 4 heteroatoms. The van der Waals surface area contributed by atoms with Crippen LogP contribution in [0.5, 0.6) is 5.75 Å². The average molecular weight is 283 g/mol. The summed E-state index contributed by atoms with van der Waals surface area (Å²) >= 11 is 0. The van der Waals surface area contributed by atoms with E-state index in [1.54, 1.807) is 6.92 Å². The number of aromatic nitrogens is 1. The topological polar surface area (TPSA) is 55.5 Å².